The van der Waals surface area contributed by atoms with Crippen LogP contribution >= 0.6 is 0 Å². The molecule has 0 aliphatic heterocycles. The maximum Gasteiger partial charge on any atom is 0.123 e. The second-order valence-electron chi connectivity index (χ2n) is 15.1. The number of hydrazine groups is 1. The molecule has 0 bridgehead atoms. The smallest absolute Gasteiger partial charge is 0.123 e. The topological polar surface area (TPSA) is 64.5 Å². The van der Waals surface area contributed by atoms with Gasteiger partial charge in [-0.1, -0.05) is 107 Å². The molecule has 2 aromatic rings. The molecule has 214 valence electrons. The van der Waals surface area contributed by atoms with Crippen LogP contribution in [-0.2, 0) is 34.5 Å². The lowest BCUT2D eigenvalue weighted by Crippen LogP contribution is -2.33. The summed E-state index contributed by atoms with van der Waals surface area (Å²) in [6.45, 7) is 27.7. The van der Waals surface area contributed by atoms with Crippen molar-refractivity contribution in [3.63, 3.8) is 0 Å². The Morgan fingerprint density at radius 2 is 0.711 bits per heavy atom. The van der Waals surface area contributed by atoms with E-state index in [1.807, 2.05) is 0 Å². The highest BCUT2D eigenvalue weighted by Crippen LogP contribution is 2.41. The summed E-state index contributed by atoms with van der Waals surface area (Å²) in [5.74, 6) is 0.901. The monoisotopic (exact) mass is 524 g/mol. The maximum absolute atomic E-state index is 10.9. The van der Waals surface area contributed by atoms with Gasteiger partial charge in [0.05, 0.1) is 0 Å². The molecule has 38 heavy (non-hydrogen) atoms. The Kier molecular flexibility index (Phi) is 10.2. The van der Waals surface area contributed by atoms with Crippen LogP contribution in [0.3, 0.4) is 0 Å². The average Bonchev–Trinajstić information content (AvgIpc) is 2.74. The zero-order valence-corrected chi connectivity index (χ0v) is 26.4. The minimum Gasteiger partial charge on any atom is -0.507 e. The van der Waals surface area contributed by atoms with Crippen molar-refractivity contribution in [1.29, 1.82) is 0 Å². The molecule has 4 heteroatoms. The molecular formula is C34H56N2O2. The van der Waals surface area contributed by atoms with Gasteiger partial charge in [-0.2, -0.15) is 0 Å². The lowest BCUT2D eigenvalue weighted by Gasteiger charge is -2.28. The first kappa shape index (κ1) is 32.2. The van der Waals surface area contributed by atoms with Crippen molar-refractivity contribution in [3.8, 4) is 11.5 Å². The van der Waals surface area contributed by atoms with E-state index < -0.39 is 0 Å². The first-order chi connectivity index (χ1) is 17.2. The van der Waals surface area contributed by atoms with Gasteiger partial charge in [-0.3, -0.25) is 10.9 Å². The summed E-state index contributed by atoms with van der Waals surface area (Å²) in [5.41, 5.74) is 13.1. The Hall–Kier alpha value is -2.04. The highest BCUT2D eigenvalue weighted by molar-refractivity contribution is 5.51. The molecule has 0 unspecified atom stereocenters. The molecule has 0 aromatic heterocycles. The summed E-state index contributed by atoms with van der Waals surface area (Å²) in [7, 11) is 0. The van der Waals surface area contributed by atoms with Crippen LogP contribution in [0.2, 0.25) is 0 Å². The van der Waals surface area contributed by atoms with Crippen molar-refractivity contribution in [1.82, 2.24) is 10.9 Å². The predicted molar refractivity (Wildman–Crippen MR) is 164 cm³/mol. The van der Waals surface area contributed by atoms with Gasteiger partial charge in [-0.25, -0.2) is 0 Å². The van der Waals surface area contributed by atoms with E-state index in [9.17, 15) is 10.2 Å². The first-order valence-corrected chi connectivity index (χ1v) is 14.4. The molecule has 0 saturated carbocycles. The Morgan fingerprint density at radius 1 is 0.474 bits per heavy atom. The summed E-state index contributed by atoms with van der Waals surface area (Å²) in [4.78, 5) is 0. The summed E-state index contributed by atoms with van der Waals surface area (Å²) in [5, 5.41) is 21.9. The van der Waals surface area contributed by atoms with Gasteiger partial charge in [0.1, 0.15) is 11.5 Å². The van der Waals surface area contributed by atoms with Crippen molar-refractivity contribution in [2.75, 3.05) is 13.1 Å². The average molecular weight is 525 g/mol. The molecular weight excluding hydrogens is 468 g/mol. The van der Waals surface area contributed by atoms with Crippen molar-refractivity contribution in [3.05, 3.63) is 57.6 Å². The minimum atomic E-state index is -0.0985. The molecule has 0 atom stereocenters. The fourth-order valence-electron chi connectivity index (χ4n) is 4.90. The number of hydrogen-bond donors (Lipinski definition) is 4. The maximum atomic E-state index is 10.9. The van der Waals surface area contributed by atoms with E-state index in [0.29, 0.717) is 11.5 Å². The fraction of sp³-hybridized carbons (Fsp3) is 0.647. The van der Waals surface area contributed by atoms with Gasteiger partial charge in [0.25, 0.3) is 0 Å². The van der Waals surface area contributed by atoms with Crippen LogP contribution in [0.1, 0.15) is 129 Å². The molecule has 0 heterocycles. The van der Waals surface area contributed by atoms with Crippen LogP contribution in [0.4, 0.5) is 0 Å². The minimum absolute atomic E-state index is 0.0985. The van der Waals surface area contributed by atoms with Gasteiger partial charge in [-0.05, 0) is 80.7 Å². The summed E-state index contributed by atoms with van der Waals surface area (Å²) < 4.78 is 0. The second kappa shape index (κ2) is 12.0. The Morgan fingerprint density at radius 3 is 0.921 bits per heavy atom. The van der Waals surface area contributed by atoms with Crippen LogP contribution in [0.15, 0.2) is 24.3 Å². The summed E-state index contributed by atoms with van der Waals surface area (Å²) in [6, 6.07) is 8.75. The van der Waals surface area contributed by atoms with E-state index in [2.05, 4.69) is 118 Å². The van der Waals surface area contributed by atoms with E-state index in [-0.39, 0.29) is 21.7 Å². The van der Waals surface area contributed by atoms with Gasteiger partial charge in [0.2, 0.25) is 0 Å². The zero-order valence-electron chi connectivity index (χ0n) is 26.4. The number of phenolic OH excluding ortho intramolecular Hbond substituents is 2. The van der Waals surface area contributed by atoms with Crippen molar-refractivity contribution in [2.45, 2.75) is 130 Å². The van der Waals surface area contributed by atoms with Crippen LogP contribution in [0, 0.1) is 0 Å². The second-order valence-corrected chi connectivity index (χ2v) is 15.1. The molecule has 0 aliphatic carbocycles. The van der Waals surface area contributed by atoms with E-state index >= 15 is 0 Å². The molecule has 0 spiro atoms. The van der Waals surface area contributed by atoms with Crippen LogP contribution in [-0.4, -0.2) is 23.3 Å². The third-order valence-electron chi connectivity index (χ3n) is 7.23. The van der Waals surface area contributed by atoms with E-state index in [1.54, 1.807) is 0 Å². The largest absolute Gasteiger partial charge is 0.507 e. The van der Waals surface area contributed by atoms with Gasteiger partial charge in [0.15, 0.2) is 0 Å². The van der Waals surface area contributed by atoms with E-state index in [1.165, 1.54) is 11.1 Å². The molecule has 0 fully saturated rings. The first-order valence-electron chi connectivity index (χ1n) is 14.4. The van der Waals surface area contributed by atoms with E-state index in [0.717, 1.165) is 61.0 Å². The molecule has 0 aliphatic rings. The van der Waals surface area contributed by atoms with Crippen LogP contribution in [0.5, 0.6) is 11.5 Å². The quantitative estimate of drug-likeness (QED) is 0.198. The summed E-state index contributed by atoms with van der Waals surface area (Å²) >= 11 is 0. The molecule has 4 N–H and O–H groups in total. The number of aromatic hydroxyl groups is 2. The summed E-state index contributed by atoms with van der Waals surface area (Å²) in [6.07, 6.45) is 3.99. The molecule has 2 aromatic carbocycles. The van der Waals surface area contributed by atoms with Crippen LogP contribution < -0.4 is 10.9 Å². The number of aryl methyl sites for hydroxylation is 2. The lowest BCUT2D eigenvalue weighted by atomic mass is 9.78. The zero-order chi connectivity index (χ0) is 29.1. The Labute approximate surface area is 233 Å². The molecule has 4 nitrogen and oxygen atoms in total. The van der Waals surface area contributed by atoms with Gasteiger partial charge < -0.3 is 10.2 Å². The lowest BCUT2D eigenvalue weighted by molar-refractivity contribution is 0.421. The third kappa shape index (κ3) is 8.74. The standard InChI is InChI=1S/C34H56N2O2/c1-31(2,3)25-19-23(20-26(29(25)37)32(4,5)6)15-13-17-35-36-18-14-16-24-21-27(33(7,8)9)30(38)28(22-24)34(10,11)12/h19-22,35-38H,13-18H2,1-12H3. The van der Waals surface area contributed by atoms with Crippen molar-refractivity contribution >= 4 is 0 Å². The molecule has 0 radical (unpaired) electrons. The van der Waals surface area contributed by atoms with Gasteiger partial charge >= 0.3 is 0 Å². The number of benzene rings is 2. The Bertz CT molecular complexity index is 916. The predicted octanol–water partition coefficient (Wildman–Crippen LogP) is 7.95. The Balaban J connectivity index is 1.91. The van der Waals surface area contributed by atoms with Gasteiger partial charge in [-0.15, -0.1) is 0 Å². The molecule has 0 saturated heterocycles. The third-order valence-corrected chi connectivity index (χ3v) is 7.23. The van der Waals surface area contributed by atoms with E-state index in [4.69, 9.17) is 0 Å². The highest BCUT2D eigenvalue weighted by atomic mass is 16.3. The molecule has 2 rings (SSSR count). The SMILES string of the molecule is CC(C)(C)c1cc(CCCNNCCCc2cc(C(C)(C)C)c(O)c(C(C)(C)C)c2)cc(C(C)(C)C)c1O. The van der Waals surface area contributed by atoms with Gasteiger partial charge in [0, 0.05) is 13.1 Å². The van der Waals surface area contributed by atoms with Crippen molar-refractivity contribution in [2.24, 2.45) is 0 Å². The normalized spacial score (nSPS) is 13.3. The number of phenols is 2. The van der Waals surface area contributed by atoms with Crippen LogP contribution in [0.25, 0.3) is 0 Å². The van der Waals surface area contributed by atoms with Crippen molar-refractivity contribution < 1.29 is 10.2 Å². The fourth-order valence-corrected chi connectivity index (χ4v) is 4.90. The number of nitrogens with one attached hydrogen (secondary N) is 2. The number of hydrogen-bond acceptors (Lipinski definition) is 4. The molecule has 0 amide bonds. The number of rotatable bonds is 9. The highest BCUT2D eigenvalue weighted by Gasteiger charge is 2.27.